The van der Waals surface area contributed by atoms with Gasteiger partial charge in [0, 0.05) is 22.2 Å². The molecule has 0 bridgehead atoms. The van der Waals surface area contributed by atoms with Gasteiger partial charge in [0.05, 0.1) is 16.3 Å². The Morgan fingerprint density at radius 2 is 1.74 bits per heavy atom. The molecule has 136 valence electrons. The number of pyridine rings is 2. The maximum absolute atomic E-state index is 5.68. The highest BCUT2D eigenvalue weighted by Crippen LogP contribution is 2.38. The molecule has 5 heteroatoms. The van der Waals surface area contributed by atoms with Crippen LogP contribution < -0.4 is 5.32 Å². The lowest BCUT2D eigenvalue weighted by Gasteiger charge is -2.14. The molecule has 0 aliphatic carbocycles. The number of aromatic nitrogens is 2. The maximum Gasteiger partial charge on any atom is 0.161 e. The number of nitrogens with zero attached hydrogens (tertiary/aromatic N) is 2. The van der Waals surface area contributed by atoms with Crippen molar-refractivity contribution >= 4 is 34.2 Å². The van der Waals surface area contributed by atoms with Crippen LogP contribution in [0.15, 0.2) is 62.9 Å². The monoisotopic (exact) mass is 375 g/mol. The summed E-state index contributed by atoms with van der Waals surface area (Å²) in [5.41, 5.74) is 4.98. The van der Waals surface area contributed by atoms with Gasteiger partial charge in [0.1, 0.15) is 11.5 Å². The minimum absolute atomic E-state index is 0.753. The van der Waals surface area contributed by atoms with Crippen LogP contribution in [0, 0.1) is 27.7 Å². The zero-order chi connectivity index (χ0) is 19.0. The highest BCUT2D eigenvalue weighted by Gasteiger charge is 2.12. The topological polar surface area (TPSA) is 51.0 Å². The zero-order valence-corrected chi connectivity index (χ0v) is 16.6. The summed E-state index contributed by atoms with van der Waals surface area (Å²) in [6.07, 6.45) is 1.79. The van der Waals surface area contributed by atoms with E-state index in [-0.39, 0.29) is 0 Å². The third-order valence-electron chi connectivity index (χ3n) is 4.36. The Kier molecular flexibility index (Phi) is 4.62. The number of benzene rings is 1. The minimum Gasteiger partial charge on any atom is -0.465 e. The Labute approximate surface area is 163 Å². The molecular weight excluding hydrogens is 354 g/mol. The van der Waals surface area contributed by atoms with Crippen LogP contribution in [0.25, 0.3) is 11.0 Å². The molecule has 27 heavy (non-hydrogen) atoms. The SMILES string of the molecule is Cc1ccc(Sc2cc(C)oc2C)c(Nc2ccnc3nc(C)ccc23)c1. The fraction of sp³-hybridized carbons (Fsp3) is 0.182. The molecule has 0 saturated heterocycles. The summed E-state index contributed by atoms with van der Waals surface area (Å²) in [6.45, 7) is 8.05. The summed E-state index contributed by atoms with van der Waals surface area (Å²) in [6, 6.07) is 14.6. The van der Waals surface area contributed by atoms with Crippen molar-refractivity contribution in [3.05, 3.63) is 71.4 Å². The largest absolute Gasteiger partial charge is 0.465 e. The first-order valence-corrected chi connectivity index (χ1v) is 9.66. The highest BCUT2D eigenvalue weighted by molar-refractivity contribution is 7.99. The molecule has 0 aliphatic heterocycles. The Morgan fingerprint density at radius 3 is 2.52 bits per heavy atom. The predicted octanol–water partition coefficient (Wildman–Crippen LogP) is 6.35. The third kappa shape index (κ3) is 3.69. The Hall–Kier alpha value is -2.79. The summed E-state index contributed by atoms with van der Waals surface area (Å²) >= 11 is 1.71. The summed E-state index contributed by atoms with van der Waals surface area (Å²) in [5.74, 6) is 1.87. The average molecular weight is 375 g/mol. The van der Waals surface area contributed by atoms with Crippen LogP contribution in [-0.4, -0.2) is 9.97 Å². The minimum atomic E-state index is 0.753. The van der Waals surface area contributed by atoms with Crippen molar-refractivity contribution < 1.29 is 4.42 Å². The van der Waals surface area contributed by atoms with Crippen molar-refractivity contribution in [2.24, 2.45) is 0 Å². The number of fused-ring (bicyclic) bond motifs is 1. The highest BCUT2D eigenvalue weighted by atomic mass is 32.2. The first kappa shape index (κ1) is 17.6. The van der Waals surface area contributed by atoms with E-state index >= 15 is 0 Å². The molecule has 4 rings (SSSR count). The number of aryl methyl sites for hydroxylation is 4. The number of rotatable bonds is 4. The van der Waals surface area contributed by atoms with E-state index in [0.29, 0.717) is 0 Å². The van der Waals surface area contributed by atoms with E-state index in [1.54, 1.807) is 18.0 Å². The molecule has 4 aromatic rings. The number of anilines is 2. The van der Waals surface area contributed by atoms with E-state index in [1.807, 2.05) is 32.9 Å². The van der Waals surface area contributed by atoms with Crippen LogP contribution in [-0.2, 0) is 0 Å². The van der Waals surface area contributed by atoms with Gasteiger partial charge in [-0.3, -0.25) is 0 Å². The van der Waals surface area contributed by atoms with Crippen LogP contribution in [0.4, 0.5) is 11.4 Å². The van der Waals surface area contributed by atoms with Crippen molar-refractivity contribution in [3.63, 3.8) is 0 Å². The van der Waals surface area contributed by atoms with Crippen molar-refractivity contribution in [2.75, 3.05) is 5.32 Å². The van der Waals surface area contributed by atoms with Gasteiger partial charge >= 0.3 is 0 Å². The van der Waals surface area contributed by atoms with Crippen molar-refractivity contribution in [2.45, 2.75) is 37.5 Å². The summed E-state index contributed by atoms with van der Waals surface area (Å²) < 4.78 is 5.68. The molecule has 3 heterocycles. The lowest BCUT2D eigenvalue weighted by atomic mass is 10.2. The van der Waals surface area contributed by atoms with Crippen LogP contribution in [0.3, 0.4) is 0 Å². The summed E-state index contributed by atoms with van der Waals surface area (Å²) in [7, 11) is 0. The van der Waals surface area contributed by atoms with Gasteiger partial charge in [-0.15, -0.1) is 0 Å². The van der Waals surface area contributed by atoms with E-state index in [0.717, 1.165) is 49.4 Å². The van der Waals surface area contributed by atoms with E-state index in [9.17, 15) is 0 Å². The van der Waals surface area contributed by atoms with Crippen molar-refractivity contribution in [3.8, 4) is 0 Å². The van der Waals surface area contributed by atoms with Gasteiger partial charge in [-0.1, -0.05) is 17.8 Å². The Balaban J connectivity index is 1.74. The molecule has 0 aliphatic rings. The quantitative estimate of drug-likeness (QED) is 0.450. The molecule has 0 amide bonds. The lowest BCUT2D eigenvalue weighted by Crippen LogP contribution is -1.96. The number of furan rings is 1. The number of hydrogen-bond donors (Lipinski definition) is 1. The molecular formula is C22H21N3OS. The molecule has 1 N–H and O–H groups in total. The van der Waals surface area contributed by atoms with Gasteiger partial charge < -0.3 is 9.73 Å². The lowest BCUT2D eigenvalue weighted by molar-refractivity contribution is 0.498. The fourth-order valence-corrected chi connectivity index (χ4v) is 4.04. The first-order valence-electron chi connectivity index (χ1n) is 8.84. The number of hydrogen-bond acceptors (Lipinski definition) is 5. The van der Waals surface area contributed by atoms with Crippen LogP contribution in [0.5, 0.6) is 0 Å². The standard InChI is InChI=1S/C22H21N3OS/c1-13-5-8-20(27-21-12-15(3)26-16(21)4)19(11-13)25-18-9-10-23-22-17(18)7-6-14(2)24-22/h5-12H,1-4H3,(H,23,24,25). The Morgan fingerprint density at radius 1 is 0.889 bits per heavy atom. The molecule has 0 unspecified atom stereocenters. The molecule has 4 nitrogen and oxygen atoms in total. The molecule has 3 aromatic heterocycles. The second-order valence-electron chi connectivity index (χ2n) is 6.69. The van der Waals surface area contributed by atoms with Gasteiger partial charge in [0.2, 0.25) is 0 Å². The summed E-state index contributed by atoms with van der Waals surface area (Å²) in [4.78, 5) is 11.2. The van der Waals surface area contributed by atoms with Gasteiger partial charge in [0.25, 0.3) is 0 Å². The second-order valence-corrected chi connectivity index (χ2v) is 7.77. The smallest absolute Gasteiger partial charge is 0.161 e. The molecule has 0 fully saturated rings. The van der Waals surface area contributed by atoms with Gasteiger partial charge in [0.15, 0.2) is 5.65 Å². The van der Waals surface area contributed by atoms with Crippen molar-refractivity contribution in [1.29, 1.82) is 0 Å². The maximum atomic E-state index is 5.68. The molecule has 0 radical (unpaired) electrons. The van der Waals surface area contributed by atoms with Gasteiger partial charge in [-0.2, -0.15) is 0 Å². The second kappa shape index (κ2) is 7.08. The van der Waals surface area contributed by atoms with E-state index in [1.165, 1.54) is 5.56 Å². The van der Waals surface area contributed by atoms with Crippen LogP contribution >= 0.6 is 11.8 Å². The molecule has 0 spiro atoms. The summed E-state index contributed by atoms with van der Waals surface area (Å²) in [5, 5.41) is 4.60. The predicted molar refractivity (Wildman–Crippen MR) is 111 cm³/mol. The van der Waals surface area contributed by atoms with E-state index in [2.05, 4.69) is 52.5 Å². The molecule has 0 saturated carbocycles. The number of nitrogens with one attached hydrogen (secondary N) is 1. The molecule has 0 atom stereocenters. The van der Waals surface area contributed by atoms with E-state index in [4.69, 9.17) is 4.42 Å². The normalized spacial score (nSPS) is 11.1. The first-order chi connectivity index (χ1) is 13.0. The molecule has 1 aromatic carbocycles. The van der Waals surface area contributed by atoms with Crippen LogP contribution in [0.1, 0.15) is 22.8 Å². The average Bonchev–Trinajstić information content (AvgIpc) is 2.94. The van der Waals surface area contributed by atoms with E-state index < -0.39 is 0 Å². The van der Waals surface area contributed by atoms with Gasteiger partial charge in [-0.05, 0) is 69.7 Å². The van der Waals surface area contributed by atoms with Crippen molar-refractivity contribution in [1.82, 2.24) is 9.97 Å². The van der Waals surface area contributed by atoms with Gasteiger partial charge in [-0.25, -0.2) is 9.97 Å². The van der Waals surface area contributed by atoms with Crippen LogP contribution in [0.2, 0.25) is 0 Å². The third-order valence-corrected chi connectivity index (χ3v) is 5.56. The Bertz CT molecular complexity index is 1130. The zero-order valence-electron chi connectivity index (χ0n) is 15.8. The fourth-order valence-electron chi connectivity index (χ4n) is 3.04.